The summed E-state index contributed by atoms with van der Waals surface area (Å²) in [6.07, 6.45) is 3.15. The van der Waals surface area contributed by atoms with Gasteiger partial charge in [-0.2, -0.15) is 8.42 Å². The second-order valence-electron chi connectivity index (χ2n) is 8.78. The topological polar surface area (TPSA) is 134 Å². The van der Waals surface area contributed by atoms with E-state index in [0.29, 0.717) is 44.3 Å². The lowest BCUT2D eigenvalue weighted by Crippen LogP contribution is -2.25. The molecule has 0 saturated heterocycles. The summed E-state index contributed by atoms with van der Waals surface area (Å²) in [4.78, 5) is 0. The Kier molecular flexibility index (Phi) is 12.6. The van der Waals surface area contributed by atoms with E-state index in [1.807, 2.05) is 13.8 Å². The van der Waals surface area contributed by atoms with Crippen LogP contribution in [0.1, 0.15) is 72.6 Å². The molecule has 0 amide bonds. The fraction of sp³-hybridized carbons (Fsp3) is 1.00. The zero-order valence-electron chi connectivity index (χ0n) is 16.8. The SMILES string of the molecule is CC(C)(CCC(O)CCCC(O)CCC(C)(C)CS(=O)(=O)O)CSOOO. The van der Waals surface area contributed by atoms with Crippen molar-refractivity contribution in [1.82, 2.24) is 0 Å². The molecule has 0 rings (SSSR count). The van der Waals surface area contributed by atoms with Gasteiger partial charge in [-0.1, -0.05) is 32.7 Å². The first-order valence-electron chi connectivity index (χ1n) is 9.17. The minimum atomic E-state index is -4.03. The third kappa shape index (κ3) is 16.7. The molecule has 8 nitrogen and oxygen atoms in total. The maximum atomic E-state index is 11.0. The van der Waals surface area contributed by atoms with Gasteiger partial charge >= 0.3 is 0 Å². The van der Waals surface area contributed by atoms with Gasteiger partial charge in [0.2, 0.25) is 0 Å². The zero-order valence-corrected chi connectivity index (χ0v) is 18.4. The molecule has 27 heavy (non-hydrogen) atoms. The van der Waals surface area contributed by atoms with Crippen molar-refractivity contribution in [2.75, 3.05) is 11.5 Å². The lowest BCUT2D eigenvalue weighted by Gasteiger charge is -2.25. The summed E-state index contributed by atoms with van der Waals surface area (Å²) >= 11 is 1.00. The third-order valence-electron chi connectivity index (χ3n) is 4.48. The third-order valence-corrected chi connectivity index (χ3v) is 6.69. The van der Waals surface area contributed by atoms with E-state index >= 15 is 0 Å². The fourth-order valence-corrected chi connectivity index (χ4v) is 4.52. The lowest BCUT2D eigenvalue weighted by molar-refractivity contribution is -0.432. The molecule has 0 aromatic rings. The molecule has 164 valence electrons. The molecule has 0 spiro atoms. The lowest BCUT2D eigenvalue weighted by atomic mass is 9.87. The summed E-state index contributed by atoms with van der Waals surface area (Å²) in [6.45, 7) is 7.56. The van der Waals surface area contributed by atoms with Crippen LogP contribution < -0.4 is 0 Å². The predicted octanol–water partition coefficient (Wildman–Crippen LogP) is 3.45. The number of hydrogen-bond acceptors (Lipinski definition) is 8. The molecular weight excluding hydrogens is 396 g/mol. The van der Waals surface area contributed by atoms with Gasteiger partial charge in [0.1, 0.15) is 0 Å². The Morgan fingerprint density at radius 2 is 1.41 bits per heavy atom. The standard InChI is InChI=1S/C17H36O8S2/c1-16(2,12-26-25-24-20)10-8-14(18)6-5-7-15(19)9-11-17(3,4)13-27(21,22)23/h14-15,18-20H,5-13H2,1-4H3,(H,21,22,23). The predicted molar refractivity (Wildman–Crippen MR) is 106 cm³/mol. The highest BCUT2D eigenvalue weighted by Gasteiger charge is 2.25. The van der Waals surface area contributed by atoms with Crippen LogP contribution in [-0.2, 0) is 19.5 Å². The zero-order chi connectivity index (χ0) is 21.1. The second kappa shape index (κ2) is 12.6. The van der Waals surface area contributed by atoms with E-state index in [4.69, 9.17) is 9.81 Å². The van der Waals surface area contributed by atoms with E-state index in [2.05, 4.69) is 9.37 Å². The molecule has 0 aliphatic rings. The second-order valence-corrected chi connectivity index (χ2v) is 10.9. The quantitative estimate of drug-likeness (QED) is 0.0951. The van der Waals surface area contributed by atoms with Crippen molar-refractivity contribution in [2.45, 2.75) is 84.8 Å². The average Bonchev–Trinajstić information content (AvgIpc) is 2.49. The van der Waals surface area contributed by atoms with E-state index < -0.39 is 27.7 Å². The minimum absolute atomic E-state index is 0.0810. The van der Waals surface area contributed by atoms with Crippen molar-refractivity contribution in [3.63, 3.8) is 0 Å². The van der Waals surface area contributed by atoms with Crippen molar-refractivity contribution in [1.29, 1.82) is 0 Å². The van der Waals surface area contributed by atoms with Gasteiger partial charge in [0.05, 0.1) is 18.0 Å². The molecule has 0 saturated carbocycles. The number of aliphatic hydroxyl groups is 2. The van der Waals surface area contributed by atoms with Crippen LogP contribution in [0.4, 0.5) is 0 Å². The smallest absolute Gasteiger partial charge is 0.265 e. The van der Waals surface area contributed by atoms with Crippen molar-refractivity contribution >= 4 is 22.2 Å². The summed E-state index contributed by atoms with van der Waals surface area (Å²) in [7, 11) is -4.03. The number of rotatable bonds is 16. The molecular formula is C17H36O8S2. The Labute approximate surface area is 167 Å². The molecule has 0 aliphatic heterocycles. The Morgan fingerprint density at radius 1 is 0.926 bits per heavy atom. The molecule has 0 radical (unpaired) electrons. The van der Waals surface area contributed by atoms with E-state index in [9.17, 15) is 18.6 Å². The van der Waals surface area contributed by atoms with Crippen molar-refractivity contribution in [3.8, 4) is 0 Å². The van der Waals surface area contributed by atoms with Crippen LogP contribution in [0.5, 0.6) is 0 Å². The first-order chi connectivity index (χ1) is 12.3. The van der Waals surface area contributed by atoms with Crippen LogP contribution in [0.15, 0.2) is 0 Å². The number of aliphatic hydroxyl groups excluding tert-OH is 2. The molecule has 0 heterocycles. The van der Waals surface area contributed by atoms with Gasteiger partial charge in [0, 0.05) is 17.8 Å². The van der Waals surface area contributed by atoms with Gasteiger partial charge in [-0.25, -0.2) is 5.26 Å². The Hall–Kier alpha value is 0.0600. The highest BCUT2D eigenvalue weighted by molar-refractivity contribution is 7.94. The Bertz CT molecular complexity index is 493. The van der Waals surface area contributed by atoms with Crippen LogP contribution in [0.2, 0.25) is 0 Å². The normalized spacial score (nSPS) is 15.7. The van der Waals surface area contributed by atoms with Crippen molar-refractivity contribution < 1.29 is 37.8 Å². The maximum absolute atomic E-state index is 11.0. The highest BCUT2D eigenvalue weighted by Crippen LogP contribution is 2.29. The van der Waals surface area contributed by atoms with Gasteiger partial charge in [-0.15, -0.1) is 4.33 Å². The maximum Gasteiger partial charge on any atom is 0.265 e. The van der Waals surface area contributed by atoms with E-state index in [1.54, 1.807) is 13.8 Å². The van der Waals surface area contributed by atoms with Gasteiger partial charge in [-0.3, -0.25) is 4.55 Å². The van der Waals surface area contributed by atoms with Gasteiger partial charge in [0.25, 0.3) is 10.1 Å². The molecule has 0 aromatic heterocycles. The molecule has 2 unspecified atom stereocenters. The minimum Gasteiger partial charge on any atom is -0.393 e. The summed E-state index contributed by atoms with van der Waals surface area (Å²) in [5.74, 6) is 0.285. The molecule has 0 fully saturated rings. The first kappa shape index (κ1) is 27.1. The van der Waals surface area contributed by atoms with E-state index in [1.165, 1.54) is 0 Å². The molecule has 0 aliphatic carbocycles. The Balaban J connectivity index is 3.98. The fourth-order valence-electron chi connectivity index (χ4n) is 2.84. The largest absolute Gasteiger partial charge is 0.393 e. The summed E-state index contributed by atoms with van der Waals surface area (Å²) < 4.78 is 35.3. The van der Waals surface area contributed by atoms with Crippen LogP contribution in [0, 0.1) is 10.8 Å². The monoisotopic (exact) mass is 432 g/mol. The van der Waals surface area contributed by atoms with E-state index in [-0.39, 0.29) is 11.2 Å². The van der Waals surface area contributed by atoms with Crippen LogP contribution >= 0.6 is 12.0 Å². The average molecular weight is 433 g/mol. The van der Waals surface area contributed by atoms with Gasteiger partial charge < -0.3 is 10.2 Å². The summed E-state index contributed by atoms with van der Waals surface area (Å²) in [5, 5.41) is 31.8. The molecule has 0 bridgehead atoms. The van der Waals surface area contributed by atoms with Crippen LogP contribution in [0.25, 0.3) is 0 Å². The van der Waals surface area contributed by atoms with Crippen molar-refractivity contribution in [3.05, 3.63) is 0 Å². The summed E-state index contributed by atoms with van der Waals surface area (Å²) in [5.41, 5.74) is -0.676. The van der Waals surface area contributed by atoms with Crippen LogP contribution in [-0.4, -0.2) is 52.2 Å². The number of hydrogen-bond donors (Lipinski definition) is 4. The molecule has 2 atom stereocenters. The van der Waals surface area contributed by atoms with Crippen molar-refractivity contribution in [2.24, 2.45) is 10.8 Å². The van der Waals surface area contributed by atoms with Gasteiger partial charge in [0.15, 0.2) is 0 Å². The summed E-state index contributed by atoms with van der Waals surface area (Å²) in [6, 6.07) is 0. The van der Waals surface area contributed by atoms with Gasteiger partial charge in [-0.05, 0) is 55.8 Å². The molecule has 4 N–H and O–H groups in total. The molecule has 10 heteroatoms. The van der Waals surface area contributed by atoms with E-state index in [0.717, 1.165) is 18.5 Å². The van der Waals surface area contributed by atoms with Crippen LogP contribution in [0.3, 0.4) is 0 Å². The molecule has 0 aromatic carbocycles. The Morgan fingerprint density at radius 3 is 1.85 bits per heavy atom. The highest BCUT2D eigenvalue weighted by atomic mass is 32.2. The first-order valence-corrected chi connectivity index (χ1v) is 11.7.